The first-order valence-electron chi connectivity index (χ1n) is 11.1. The highest BCUT2D eigenvalue weighted by atomic mass is 19.4. The Kier molecular flexibility index (Phi) is 6.40. The summed E-state index contributed by atoms with van der Waals surface area (Å²) in [5, 5.41) is 20.1. The lowest BCUT2D eigenvalue weighted by Crippen LogP contribution is -2.34. The molecule has 0 bridgehead atoms. The first-order chi connectivity index (χ1) is 18.1. The topological polar surface area (TPSA) is 151 Å². The Bertz CT molecular complexity index is 1360. The van der Waals surface area contributed by atoms with Crippen molar-refractivity contribution in [1.29, 1.82) is 0 Å². The van der Waals surface area contributed by atoms with Crippen LogP contribution in [0.4, 0.5) is 29.5 Å². The van der Waals surface area contributed by atoms with E-state index in [1.807, 2.05) is 0 Å². The lowest BCUT2D eigenvalue weighted by molar-refractivity contribution is -0.389. The number of ether oxygens (including phenoxy) is 4. The number of anilines is 1. The summed E-state index contributed by atoms with van der Waals surface area (Å²) < 4.78 is 61.2. The van der Waals surface area contributed by atoms with Crippen LogP contribution in [0.1, 0.15) is 0 Å². The van der Waals surface area contributed by atoms with Crippen LogP contribution in [0.2, 0.25) is 0 Å². The van der Waals surface area contributed by atoms with Crippen LogP contribution in [0.3, 0.4) is 0 Å². The van der Waals surface area contributed by atoms with Crippen molar-refractivity contribution in [2.24, 2.45) is 0 Å². The molecule has 0 saturated carbocycles. The van der Waals surface area contributed by atoms with E-state index in [9.17, 15) is 33.2 Å². The van der Waals surface area contributed by atoms with Gasteiger partial charge in [-0.2, -0.15) is 0 Å². The Morgan fingerprint density at radius 3 is 2.71 bits per heavy atom. The van der Waals surface area contributed by atoms with Crippen molar-refractivity contribution in [2.75, 3.05) is 24.7 Å². The number of alkyl halides is 3. The monoisotopic (exact) mass is 537 g/mol. The average Bonchev–Trinajstić information content (AvgIpc) is 3.47. The van der Waals surface area contributed by atoms with E-state index in [2.05, 4.69) is 14.7 Å². The molecule has 0 radical (unpaired) electrons. The molecule has 2 aliphatic rings. The number of rotatable bonds is 7. The van der Waals surface area contributed by atoms with E-state index in [1.165, 1.54) is 41.2 Å². The van der Waals surface area contributed by atoms with Gasteiger partial charge in [0.1, 0.15) is 24.7 Å². The fourth-order valence-electron chi connectivity index (χ4n) is 3.96. The molecule has 200 valence electrons. The van der Waals surface area contributed by atoms with Crippen molar-refractivity contribution < 1.29 is 46.9 Å². The Morgan fingerprint density at radius 2 is 2.05 bits per heavy atom. The van der Waals surface area contributed by atoms with Gasteiger partial charge in [0.05, 0.1) is 25.4 Å². The summed E-state index contributed by atoms with van der Waals surface area (Å²) >= 11 is 0. The largest absolute Gasteiger partial charge is 0.573 e. The number of fused-ring (bicyclic) bond motifs is 1. The predicted molar refractivity (Wildman–Crippen MR) is 120 cm³/mol. The number of carbonyl (C=O) groups is 1. The third kappa shape index (κ3) is 5.24. The number of amides is 1. The maximum atomic E-state index is 13.2. The average molecular weight is 537 g/mol. The van der Waals surface area contributed by atoms with E-state index < -0.39 is 41.9 Å². The zero-order valence-corrected chi connectivity index (χ0v) is 19.2. The standard InChI is InChI=1S/C22H18F3N5O8/c23-22(24,25)38-17-5-13(29-8-14(10-31)37-21(29)32)2-3-16(17)12-1-4-19(26-6-12)36-15-7-28-9-18(30(33)34)27-20(28)35-11-15/h1-6,9,14-15,31H,7-8,10-11H2. The number of pyridine rings is 1. The van der Waals surface area contributed by atoms with E-state index in [0.29, 0.717) is 0 Å². The molecule has 5 rings (SSSR count). The molecule has 1 N–H and O–H groups in total. The second-order valence-electron chi connectivity index (χ2n) is 8.25. The van der Waals surface area contributed by atoms with Crippen molar-refractivity contribution in [3.63, 3.8) is 0 Å². The molecule has 1 amide bonds. The van der Waals surface area contributed by atoms with Crippen LogP contribution in [-0.2, 0) is 11.3 Å². The van der Waals surface area contributed by atoms with Crippen LogP contribution in [0, 0.1) is 10.1 Å². The molecule has 2 unspecified atom stereocenters. The summed E-state index contributed by atoms with van der Waals surface area (Å²) in [7, 11) is 0. The molecular weight excluding hydrogens is 519 g/mol. The number of nitrogens with zero attached hydrogens (tertiary/aromatic N) is 5. The Morgan fingerprint density at radius 1 is 1.24 bits per heavy atom. The van der Waals surface area contributed by atoms with Gasteiger partial charge in [0, 0.05) is 34.4 Å². The molecule has 0 aliphatic carbocycles. The highest BCUT2D eigenvalue weighted by molar-refractivity contribution is 5.91. The molecule has 16 heteroatoms. The Hall–Kier alpha value is -4.60. The van der Waals surface area contributed by atoms with E-state index in [1.54, 1.807) is 0 Å². The number of aliphatic hydroxyl groups is 1. The highest BCUT2D eigenvalue weighted by Crippen LogP contribution is 2.38. The fourth-order valence-corrected chi connectivity index (χ4v) is 3.96. The van der Waals surface area contributed by atoms with Crippen LogP contribution in [-0.4, -0.2) is 69.0 Å². The molecule has 2 aliphatic heterocycles. The summed E-state index contributed by atoms with van der Waals surface area (Å²) in [6, 6.07) is 6.82. The zero-order valence-electron chi connectivity index (χ0n) is 19.2. The number of carbonyl (C=O) groups excluding carboxylic acids is 1. The molecule has 13 nitrogen and oxygen atoms in total. The number of cyclic esters (lactones) is 1. The second kappa shape index (κ2) is 9.70. The highest BCUT2D eigenvalue weighted by Gasteiger charge is 2.35. The zero-order chi connectivity index (χ0) is 27.0. The summed E-state index contributed by atoms with van der Waals surface area (Å²) in [5.74, 6) is -0.785. The van der Waals surface area contributed by atoms with E-state index in [-0.39, 0.29) is 54.2 Å². The number of nitro groups is 1. The van der Waals surface area contributed by atoms with Gasteiger partial charge in [-0.3, -0.25) is 9.47 Å². The third-order valence-corrected chi connectivity index (χ3v) is 5.63. The number of aromatic nitrogens is 3. The molecule has 3 aromatic rings. The van der Waals surface area contributed by atoms with Gasteiger partial charge < -0.3 is 34.2 Å². The number of imidazole rings is 1. The van der Waals surface area contributed by atoms with Gasteiger partial charge >= 0.3 is 24.3 Å². The first-order valence-corrected chi connectivity index (χ1v) is 11.1. The van der Waals surface area contributed by atoms with E-state index in [4.69, 9.17) is 14.2 Å². The number of hydrogen-bond donors (Lipinski definition) is 1. The number of aliphatic hydroxyl groups excluding tert-OH is 1. The Balaban J connectivity index is 1.34. The Labute approximate surface area is 211 Å². The number of benzene rings is 1. The van der Waals surface area contributed by atoms with Gasteiger partial charge in [-0.05, 0) is 23.1 Å². The quantitative estimate of drug-likeness (QED) is 0.352. The van der Waals surface area contributed by atoms with Crippen molar-refractivity contribution in [3.8, 4) is 28.8 Å². The molecule has 4 heterocycles. The molecule has 2 atom stereocenters. The normalized spacial score (nSPS) is 18.9. The predicted octanol–water partition coefficient (Wildman–Crippen LogP) is 2.91. The molecule has 1 aromatic carbocycles. The van der Waals surface area contributed by atoms with Crippen LogP contribution >= 0.6 is 0 Å². The maximum absolute atomic E-state index is 13.2. The lowest BCUT2D eigenvalue weighted by Gasteiger charge is -2.22. The summed E-state index contributed by atoms with van der Waals surface area (Å²) in [5.41, 5.74) is 0.416. The van der Waals surface area contributed by atoms with Gasteiger partial charge in [0.25, 0.3) is 0 Å². The van der Waals surface area contributed by atoms with Gasteiger partial charge in [0.2, 0.25) is 5.88 Å². The molecule has 1 saturated heterocycles. The maximum Gasteiger partial charge on any atom is 0.573 e. The molecule has 0 spiro atoms. The SMILES string of the molecule is O=C1OC(CO)CN1c1ccc(-c2ccc(OC3COc4nc([N+](=O)[O-])cn4C3)nc2)c(OC(F)(F)F)c1. The number of hydrogen-bond acceptors (Lipinski definition) is 10. The first kappa shape index (κ1) is 25.1. The summed E-state index contributed by atoms with van der Waals surface area (Å²) in [6.07, 6.45) is -4.65. The van der Waals surface area contributed by atoms with E-state index in [0.717, 1.165) is 11.0 Å². The molecule has 2 aromatic heterocycles. The van der Waals surface area contributed by atoms with Crippen LogP contribution in [0.25, 0.3) is 11.1 Å². The van der Waals surface area contributed by atoms with Crippen LogP contribution < -0.4 is 19.1 Å². The van der Waals surface area contributed by atoms with Crippen molar-refractivity contribution >= 4 is 17.6 Å². The third-order valence-electron chi connectivity index (χ3n) is 5.63. The summed E-state index contributed by atoms with van der Waals surface area (Å²) in [4.78, 5) is 31.3. The number of halogens is 3. The minimum Gasteiger partial charge on any atom is -0.469 e. The van der Waals surface area contributed by atoms with Crippen LogP contribution in [0.5, 0.6) is 17.6 Å². The minimum atomic E-state index is -5.01. The minimum absolute atomic E-state index is 0.0352. The molecule has 1 fully saturated rings. The molecule has 38 heavy (non-hydrogen) atoms. The lowest BCUT2D eigenvalue weighted by atomic mass is 10.1. The van der Waals surface area contributed by atoms with Gasteiger partial charge in [0.15, 0.2) is 6.10 Å². The van der Waals surface area contributed by atoms with Crippen molar-refractivity contribution in [2.45, 2.75) is 25.1 Å². The summed E-state index contributed by atoms with van der Waals surface area (Å²) in [6.45, 7) is -0.200. The molecular formula is C22H18F3N5O8. The van der Waals surface area contributed by atoms with Gasteiger partial charge in [-0.1, -0.05) is 0 Å². The smallest absolute Gasteiger partial charge is 0.469 e. The van der Waals surface area contributed by atoms with Gasteiger partial charge in [-0.25, -0.2) is 9.78 Å². The van der Waals surface area contributed by atoms with Gasteiger partial charge in [-0.15, -0.1) is 13.2 Å². The van der Waals surface area contributed by atoms with Crippen molar-refractivity contribution in [3.05, 3.63) is 52.8 Å². The second-order valence-corrected chi connectivity index (χ2v) is 8.25. The van der Waals surface area contributed by atoms with Crippen LogP contribution in [0.15, 0.2) is 42.7 Å². The van der Waals surface area contributed by atoms with Crippen molar-refractivity contribution in [1.82, 2.24) is 14.5 Å². The van der Waals surface area contributed by atoms with E-state index >= 15 is 0 Å². The fraction of sp³-hybridized carbons (Fsp3) is 0.318.